The number of anilines is 4. The van der Waals surface area contributed by atoms with Crippen LogP contribution in [0.3, 0.4) is 0 Å². The number of nitrogens with one attached hydrogen (secondary N) is 2. The van der Waals surface area contributed by atoms with E-state index in [1.54, 1.807) is 0 Å². The molecule has 2 aromatic rings. The van der Waals surface area contributed by atoms with Gasteiger partial charge in [-0.15, -0.1) is 0 Å². The zero-order chi connectivity index (χ0) is 11.7. The van der Waals surface area contributed by atoms with Gasteiger partial charge in [-0.2, -0.15) is 0 Å². The largest absolute Gasteiger partial charge is 0.398 e. The molecule has 0 spiro atoms. The Labute approximate surface area is 94.6 Å². The fourth-order valence-electron chi connectivity index (χ4n) is 1.97. The second-order valence-electron chi connectivity index (χ2n) is 3.65. The first kappa shape index (κ1) is 10.4. The van der Waals surface area contributed by atoms with Crippen molar-refractivity contribution in [3.05, 3.63) is 24.3 Å². The summed E-state index contributed by atoms with van der Waals surface area (Å²) in [5, 5.41) is 8.23. The van der Waals surface area contributed by atoms with E-state index in [-0.39, 0.29) is 0 Å². The lowest BCUT2D eigenvalue weighted by atomic mass is 10.0. The van der Waals surface area contributed by atoms with Crippen LogP contribution in [0.15, 0.2) is 24.3 Å². The van der Waals surface area contributed by atoms with Crippen molar-refractivity contribution in [2.45, 2.75) is 0 Å². The van der Waals surface area contributed by atoms with Crippen molar-refractivity contribution in [1.82, 2.24) is 0 Å². The molecule has 2 aromatic carbocycles. The molecule has 16 heavy (non-hydrogen) atoms. The Balaban J connectivity index is 2.95. The second-order valence-corrected chi connectivity index (χ2v) is 3.65. The summed E-state index contributed by atoms with van der Waals surface area (Å²) in [7, 11) is 3.77. The lowest BCUT2D eigenvalue weighted by Gasteiger charge is -2.14. The van der Waals surface area contributed by atoms with Crippen LogP contribution >= 0.6 is 0 Å². The molecular formula is C12H16N4. The summed E-state index contributed by atoms with van der Waals surface area (Å²) in [5.74, 6) is 0. The van der Waals surface area contributed by atoms with Gasteiger partial charge in [0.2, 0.25) is 0 Å². The smallest absolute Gasteiger partial charge is 0.0440 e. The van der Waals surface area contributed by atoms with Gasteiger partial charge in [-0.1, -0.05) is 0 Å². The molecule has 0 aliphatic carbocycles. The van der Waals surface area contributed by atoms with Crippen LogP contribution in [0.1, 0.15) is 0 Å². The quantitative estimate of drug-likeness (QED) is 0.580. The zero-order valence-electron chi connectivity index (χ0n) is 9.46. The van der Waals surface area contributed by atoms with Crippen LogP contribution < -0.4 is 22.1 Å². The molecular weight excluding hydrogens is 200 g/mol. The summed E-state index contributed by atoms with van der Waals surface area (Å²) >= 11 is 0. The minimum Gasteiger partial charge on any atom is -0.398 e. The summed E-state index contributed by atoms with van der Waals surface area (Å²) in [5.41, 5.74) is 15.4. The minimum absolute atomic E-state index is 0.698. The van der Waals surface area contributed by atoms with Crippen LogP contribution in [-0.4, -0.2) is 14.1 Å². The molecule has 6 N–H and O–H groups in total. The van der Waals surface area contributed by atoms with Gasteiger partial charge in [-0.3, -0.25) is 0 Å². The highest BCUT2D eigenvalue weighted by Crippen LogP contribution is 2.37. The highest BCUT2D eigenvalue weighted by molar-refractivity contribution is 6.13. The molecule has 0 fully saturated rings. The van der Waals surface area contributed by atoms with E-state index in [0.717, 1.165) is 22.1 Å². The highest BCUT2D eigenvalue weighted by Gasteiger charge is 2.10. The van der Waals surface area contributed by atoms with Gasteiger partial charge >= 0.3 is 0 Å². The first-order valence-corrected chi connectivity index (χ1v) is 5.15. The Morgan fingerprint density at radius 3 is 1.56 bits per heavy atom. The molecule has 0 saturated heterocycles. The topological polar surface area (TPSA) is 76.1 Å². The van der Waals surface area contributed by atoms with E-state index in [2.05, 4.69) is 10.6 Å². The third-order valence-corrected chi connectivity index (χ3v) is 2.76. The lowest BCUT2D eigenvalue weighted by molar-refractivity contribution is 1.51. The molecule has 0 aromatic heterocycles. The first-order chi connectivity index (χ1) is 7.69. The molecule has 0 atom stereocenters. The van der Waals surface area contributed by atoms with Crippen molar-refractivity contribution in [1.29, 1.82) is 0 Å². The summed E-state index contributed by atoms with van der Waals surface area (Å²) in [6.45, 7) is 0. The van der Waals surface area contributed by atoms with E-state index in [0.29, 0.717) is 11.4 Å². The van der Waals surface area contributed by atoms with Gasteiger partial charge in [-0.25, -0.2) is 0 Å². The van der Waals surface area contributed by atoms with Gasteiger partial charge in [0.05, 0.1) is 0 Å². The number of hydrogen-bond donors (Lipinski definition) is 4. The Kier molecular flexibility index (Phi) is 2.48. The Morgan fingerprint density at radius 2 is 1.19 bits per heavy atom. The highest BCUT2D eigenvalue weighted by atomic mass is 14.9. The van der Waals surface area contributed by atoms with E-state index in [1.165, 1.54) is 0 Å². The van der Waals surface area contributed by atoms with Gasteiger partial charge in [0.1, 0.15) is 0 Å². The third-order valence-electron chi connectivity index (χ3n) is 2.76. The van der Waals surface area contributed by atoms with E-state index in [1.807, 2.05) is 38.4 Å². The molecule has 84 valence electrons. The van der Waals surface area contributed by atoms with E-state index in [9.17, 15) is 0 Å². The number of nitrogen functional groups attached to an aromatic ring is 2. The maximum absolute atomic E-state index is 5.97. The first-order valence-electron chi connectivity index (χ1n) is 5.15. The molecule has 4 heteroatoms. The molecule has 0 amide bonds. The van der Waals surface area contributed by atoms with Crippen molar-refractivity contribution < 1.29 is 0 Å². The Hall–Kier alpha value is -2.10. The molecule has 2 rings (SSSR count). The van der Waals surface area contributed by atoms with Crippen LogP contribution in [0.5, 0.6) is 0 Å². The van der Waals surface area contributed by atoms with Crippen LogP contribution in [0, 0.1) is 0 Å². The fourth-order valence-corrected chi connectivity index (χ4v) is 1.97. The summed E-state index contributed by atoms with van der Waals surface area (Å²) in [6, 6.07) is 7.64. The average molecular weight is 216 g/mol. The molecule has 0 radical (unpaired) electrons. The van der Waals surface area contributed by atoms with E-state index >= 15 is 0 Å². The number of fused-ring (bicyclic) bond motifs is 1. The predicted molar refractivity (Wildman–Crippen MR) is 71.9 cm³/mol. The standard InChI is InChI=1S/C12H16N4/c1-15-9-5-3-7(13)11-8(14)4-6-10(16-2)12(9)11/h3-6,15-16H,13-14H2,1-2H3. The van der Waals surface area contributed by atoms with Gasteiger partial charge < -0.3 is 22.1 Å². The summed E-state index contributed by atoms with van der Waals surface area (Å²) < 4.78 is 0. The number of nitrogens with two attached hydrogens (primary N) is 2. The molecule has 0 aliphatic rings. The van der Waals surface area contributed by atoms with Gasteiger partial charge in [-0.05, 0) is 24.3 Å². The number of rotatable bonds is 2. The van der Waals surface area contributed by atoms with Gasteiger partial charge in [0.15, 0.2) is 0 Å². The zero-order valence-corrected chi connectivity index (χ0v) is 9.46. The fraction of sp³-hybridized carbons (Fsp3) is 0.167. The molecule has 0 unspecified atom stereocenters. The molecule has 0 heterocycles. The SMILES string of the molecule is CNc1ccc(N)c2c(N)ccc(NC)c12. The molecule has 0 aliphatic heterocycles. The van der Waals surface area contributed by atoms with Crippen molar-refractivity contribution in [3.63, 3.8) is 0 Å². The summed E-state index contributed by atoms with van der Waals surface area (Å²) in [4.78, 5) is 0. The van der Waals surface area contributed by atoms with Gasteiger partial charge in [0.25, 0.3) is 0 Å². The number of hydrogen-bond acceptors (Lipinski definition) is 4. The maximum Gasteiger partial charge on any atom is 0.0440 e. The third kappa shape index (κ3) is 1.39. The Bertz CT molecular complexity index is 489. The molecule has 0 saturated carbocycles. The monoisotopic (exact) mass is 216 g/mol. The Morgan fingerprint density at radius 1 is 0.750 bits per heavy atom. The lowest BCUT2D eigenvalue weighted by Crippen LogP contribution is -2.00. The van der Waals surface area contributed by atoms with Crippen molar-refractivity contribution in [2.75, 3.05) is 36.2 Å². The predicted octanol–water partition coefficient (Wildman–Crippen LogP) is 2.09. The van der Waals surface area contributed by atoms with Gasteiger partial charge in [0, 0.05) is 47.6 Å². The van der Waals surface area contributed by atoms with E-state index < -0.39 is 0 Å². The second kappa shape index (κ2) is 3.81. The molecule has 4 nitrogen and oxygen atoms in total. The van der Waals surface area contributed by atoms with Crippen LogP contribution in [0.2, 0.25) is 0 Å². The summed E-state index contributed by atoms with van der Waals surface area (Å²) in [6.07, 6.45) is 0. The van der Waals surface area contributed by atoms with E-state index in [4.69, 9.17) is 11.5 Å². The molecule has 0 bridgehead atoms. The van der Waals surface area contributed by atoms with Crippen LogP contribution in [0.25, 0.3) is 10.8 Å². The van der Waals surface area contributed by atoms with Crippen LogP contribution in [0.4, 0.5) is 22.7 Å². The number of benzene rings is 2. The van der Waals surface area contributed by atoms with Crippen molar-refractivity contribution in [2.24, 2.45) is 0 Å². The van der Waals surface area contributed by atoms with Crippen LogP contribution in [-0.2, 0) is 0 Å². The average Bonchev–Trinajstić information content (AvgIpc) is 2.30. The minimum atomic E-state index is 0.698. The van der Waals surface area contributed by atoms with Crippen molar-refractivity contribution in [3.8, 4) is 0 Å². The van der Waals surface area contributed by atoms with Crippen molar-refractivity contribution >= 4 is 33.5 Å². The maximum atomic E-state index is 5.97. The normalized spacial score (nSPS) is 10.4.